The highest BCUT2D eigenvalue weighted by molar-refractivity contribution is 7.91. The maximum absolute atomic E-state index is 12.4. The zero-order valence-corrected chi connectivity index (χ0v) is 15.2. The second-order valence-corrected chi connectivity index (χ2v) is 9.58. The van der Waals surface area contributed by atoms with Gasteiger partial charge in [-0.1, -0.05) is 25.9 Å². The van der Waals surface area contributed by atoms with Gasteiger partial charge in [0, 0.05) is 17.5 Å². The van der Waals surface area contributed by atoms with Crippen molar-refractivity contribution in [3.8, 4) is 0 Å². The lowest BCUT2D eigenvalue weighted by atomic mass is 9.92. The molecule has 0 amide bonds. The van der Waals surface area contributed by atoms with Crippen molar-refractivity contribution in [1.29, 1.82) is 0 Å². The minimum Gasteiger partial charge on any atom is -0.361 e. The van der Waals surface area contributed by atoms with Crippen LogP contribution in [-0.2, 0) is 26.7 Å². The number of nitrogens with zero attached hydrogens (tertiary/aromatic N) is 1. The minimum atomic E-state index is -3.76. The highest BCUT2D eigenvalue weighted by Crippen LogP contribution is 2.24. The SMILES string of the molecule is CC(C)NS(=O)(=O)C(C)(C)C(=O)Cc1cc(C(C)(C)C)on1. The highest BCUT2D eigenvalue weighted by Gasteiger charge is 2.41. The van der Waals surface area contributed by atoms with Gasteiger partial charge >= 0.3 is 0 Å². The fourth-order valence-corrected chi connectivity index (χ4v) is 3.02. The third-order valence-electron chi connectivity index (χ3n) is 3.37. The summed E-state index contributed by atoms with van der Waals surface area (Å²) < 4.78 is 30.7. The van der Waals surface area contributed by atoms with E-state index < -0.39 is 20.6 Å². The molecular weight excluding hydrogens is 304 g/mol. The molecule has 0 aliphatic rings. The van der Waals surface area contributed by atoms with Crippen LogP contribution in [-0.4, -0.2) is 30.1 Å². The lowest BCUT2D eigenvalue weighted by molar-refractivity contribution is -0.120. The van der Waals surface area contributed by atoms with E-state index in [-0.39, 0.29) is 17.9 Å². The maximum Gasteiger partial charge on any atom is 0.224 e. The van der Waals surface area contributed by atoms with Crippen molar-refractivity contribution in [3.63, 3.8) is 0 Å². The third kappa shape index (κ3) is 4.16. The van der Waals surface area contributed by atoms with E-state index >= 15 is 0 Å². The summed E-state index contributed by atoms with van der Waals surface area (Å²) >= 11 is 0. The molecule has 1 rings (SSSR count). The Hall–Kier alpha value is -1.21. The Morgan fingerprint density at radius 3 is 2.23 bits per heavy atom. The van der Waals surface area contributed by atoms with Gasteiger partial charge in [0.15, 0.2) is 5.78 Å². The lowest BCUT2D eigenvalue weighted by Crippen LogP contribution is -2.50. The average molecular weight is 330 g/mol. The molecule has 0 radical (unpaired) electrons. The number of carbonyl (C=O) groups excluding carboxylic acids is 1. The van der Waals surface area contributed by atoms with E-state index in [0.29, 0.717) is 11.5 Å². The molecule has 0 bridgehead atoms. The number of sulfonamides is 1. The molecule has 1 N–H and O–H groups in total. The van der Waals surface area contributed by atoms with Crippen molar-refractivity contribution >= 4 is 15.8 Å². The molecule has 1 aromatic heterocycles. The lowest BCUT2D eigenvalue weighted by Gasteiger charge is -2.24. The van der Waals surface area contributed by atoms with E-state index in [0.717, 1.165) is 0 Å². The van der Waals surface area contributed by atoms with Gasteiger partial charge in [-0.15, -0.1) is 0 Å². The molecular formula is C15H26N2O4S. The van der Waals surface area contributed by atoms with Gasteiger partial charge in [-0.3, -0.25) is 4.79 Å². The van der Waals surface area contributed by atoms with Crippen molar-refractivity contribution in [1.82, 2.24) is 9.88 Å². The van der Waals surface area contributed by atoms with E-state index in [1.807, 2.05) is 20.8 Å². The summed E-state index contributed by atoms with van der Waals surface area (Å²) in [5.41, 5.74) is 0.234. The molecule has 0 saturated heterocycles. The molecule has 6 nitrogen and oxygen atoms in total. The second kappa shape index (κ2) is 6.12. The molecule has 1 aromatic rings. The van der Waals surface area contributed by atoms with Gasteiger partial charge in [0.1, 0.15) is 10.5 Å². The maximum atomic E-state index is 12.4. The molecule has 0 fully saturated rings. The number of hydrogen-bond donors (Lipinski definition) is 1. The fraction of sp³-hybridized carbons (Fsp3) is 0.733. The topological polar surface area (TPSA) is 89.3 Å². The van der Waals surface area contributed by atoms with Crippen LogP contribution in [0.15, 0.2) is 10.6 Å². The Labute approximate surface area is 132 Å². The fourth-order valence-electron chi connectivity index (χ4n) is 1.73. The molecule has 0 spiro atoms. The quantitative estimate of drug-likeness (QED) is 0.863. The third-order valence-corrected chi connectivity index (χ3v) is 5.73. The van der Waals surface area contributed by atoms with Crippen LogP contribution in [0.4, 0.5) is 0 Å². The van der Waals surface area contributed by atoms with E-state index in [9.17, 15) is 13.2 Å². The Balaban J connectivity index is 2.94. The summed E-state index contributed by atoms with van der Waals surface area (Å²) in [5, 5.41) is 3.87. The predicted octanol–water partition coefficient (Wildman–Crippen LogP) is 2.19. The van der Waals surface area contributed by atoms with Crippen LogP contribution in [0.5, 0.6) is 0 Å². The van der Waals surface area contributed by atoms with Crippen LogP contribution in [0.25, 0.3) is 0 Å². The Morgan fingerprint density at radius 1 is 1.27 bits per heavy atom. The molecule has 0 aliphatic heterocycles. The van der Waals surface area contributed by atoms with Gasteiger partial charge in [0.05, 0.1) is 12.1 Å². The van der Waals surface area contributed by atoms with Gasteiger partial charge in [-0.25, -0.2) is 13.1 Å². The van der Waals surface area contributed by atoms with Crippen LogP contribution >= 0.6 is 0 Å². The van der Waals surface area contributed by atoms with Crippen LogP contribution in [0.3, 0.4) is 0 Å². The first kappa shape index (κ1) is 18.8. The van der Waals surface area contributed by atoms with Gasteiger partial charge in [0.2, 0.25) is 10.0 Å². The highest BCUT2D eigenvalue weighted by atomic mass is 32.2. The molecule has 22 heavy (non-hydrogen) atoms. The largest absolute Gasteiger partial charge is 0.361 e. The zero-order chi connectivity index (χ0) is 17.3. The first-order valence-electron chi connectivity index (χ1n) is 7.28. The number of Topliss-reactive ketones (excluding diaryl/α,β-unsaturated/α-hetero) is 1. The first-order chi connectivity index (χ1) is 9.77. The van der Waals surface area contributed by atoms with Crippen molar-refractivity contribution in [2.24, 2.45) is 0 Å². The van der Waals surface area contributed by atoms with Crippen molar-refractivity contribution < 1.29 is 17.7 Å². The van der Waals surface area contributed by atoms with Crippen molar-refractivity contribution in [2.45, 2.75) is 71.1 Å². The van der Waals surface area contributed by atoms with Crippen LogP contribution in [0.1, 0.15) is 59.9 Å². The van der Waals surface area contributed by atoms with Gasteiger partial charge in [0.25, 0.3) is 0 Å². The summed E-state index contributed by atoms with van der Waals surface area (Å²) in [5.74, 6) is 0.241. The average Bonchev–Trinajstić information content (AvgIpc) is 2.74. The van der Waals surface area contributed by atoms with E-state index in [4.69, 9.17) is 4.52 Å². The number of aromatic nitrogens is 1. The van der Waals surface area contributed by atoms with E-state index in [1.165, 1.54) is 13.8 Å². The second-order valence-electron chi connectivity index (χ2n) is 7.32. The molecule has 1 heterocycles. The summed E-state index contributed by atoms with van der Waals surface area (Å²) in [4.78, 5) is 12.4. The van der Waals surface area contributed by atoms with E-state index in [1.54, 1.807) is 19.9 Å². The smallest absolute Gasteiger partial charge is 0.224 e. The Kier molecular flexibility index (Phi) is 5.24. The van der Waals surface area contributed by atoms with Crippen LogP contribution in [0, 0.1) is 0 Å². The normalized spacial score (nSPS) is 13.6. The summed E-state index contributed by atoms with van der Waals surface area (Å²) in [6.45, 7) is 12.2. The number of ketones is 1. The van der Waals surface area contributed by atoms with Crippen molar-refractivity contribution in [3.05, 3.63) is 17.5 Å². The van der Waals surface area contributed by atoms with Crippen LogP contribution in [0.2, 0.25) is 0 Å². The molecule has 7 heteroatoms. The zero-order valence-electron chi connectivity index (χ0n) is 14.4. The molecule has 126 valence electrons. The number of rotatable bonds is 6. The Morgan fingerprint density at radius 2 is 1.82 bits per heavy atom. The first-order valence-corrected chi connectivity index (χ1v) is 8.77. The minimum absolute atomic E-state index is 0.0778. The number of hydrogen-bond acceptors (Lipinski definition) is 5. The van der Waals surface area contributed by atoms with Gasteiger partial charge < -0.3 is 4.52 Å². The molecule has 0 atom stereocenters. The molecule has 0 aromatic carbocycles. The standard InChI is InChI=1S/C15H26N2O4S/c1-10(2)17-22(19,20)15(6,7)12(18)8-11-9-13(21-16-11)14(3,4)5/h9-10,17H,8H2,1-7H3. The number of nitrogens with one attached hydrogen (secondary N) is 1. The summed E-state index contributed by atoms with van der Waals surface area (Å²) in [6.07, 6.45) is -0.0778. The number of carbonyl (C=O) groups is 1. The van der Waals surface area contributed by atoms with Gasteiger partial charge in [-0.05, 0) is 27.7 Å². The predicted molar refractivity (Wildman–Crippen MR) is 85.2 cm³/mol. The molecule has 0 unspecified atom stereocenters. The Bertz CT molecular complexity index is 637. The monoisotopic (exact) mass is 330 g/mol. The molecule has 0 aliphatic carbocycles. The summed E-state index contributed by atoms with van der Waals surface area (Å²) in [6, 6.07) is 1.44. The molecule has 0 saturated carbocycles. The van der Waals surface area contributed by atoms with Crippen molar-refractivity contribution in [2.75, 3.05) is 0 Å². The summed E-state index contributed by atoms with van der Waals surface area (Å²) in [7, 11) is -3.76. The van der Waals surface area contributed by atoms with E-state index in [2.05, 4.69) is 9.88 Å². The van der Waals surface area contributed by atoms with Crippen LogP contribution < -0.4 is 4.72 Å². The van der Waals surface area contributed by atoms with Gasteiger partial charge in [-0.2, -0.15) is 0 Å².